The average molecular weight is 432 g/mol. The number of halogens is 1. The number of amides is 2. The van der Waals surface area contributed by atoms with Crippen molar-refractivity contribution in [1.82, 2.24) is 20.3 Å². The molecule has 2 aromatic heterocycles. The van der Waals surface area contributed by atoms with Crippen molar-refractivity contribution < 1.29 is 14.3 Å². The number of ether oxygens (including phenoxy) is 1. The van der Waals surface area contributed by atoms with Crippen LogP contribution in [0.2, 0.25) is 4.34 Å². The van der Waals surface area contributed by atoms with Crippen molar-refractivity contribution >= 4 is 40.4 Å². The lowest BCUT2D eigenvalue weighted by Crippen LogP contribution is -2.41. The minimum Gasteiger partial charge on any atom is -0.370 e. The minimum atomic E-state index is -0.202. The van der Waals surface area contributed by atoms with Gasteiger partial charge in [-0.25, -0.2) is 4.68 Å². The highest BCUT2D eigenvalue weighted by Crippen LogP contribution is 2.23. The van der Waals surface area contributed by atoms with Crippen molar-refractivity contribution in [2.75, 3.05) is 24.7 Å². The van der Waals surface area contributed by atoms with Crippen LogP contribution >= 0.6 is 22.9 Å². The van der Waals surface area contributed by atoms with Gasteiger partial charge in [0.15, 0.2) is 0 Å². The predicted molar refractivity (Wildman–Crippen MR) is 110 cm³/mol. The standard InChI is InChI=1S/C19H18ClN5O3S/c1-12-8-14(24-6-7-28-11-18(24)26)2-3-15(12)25-10-13(22-23-25)9-21-19(27)16-4-5-17(20)29-16/h2-5,8,10H,6-7,9,11H2,1H3,(H,21,27). The fraction of sp³-hybridized carbons (Fsp3) is 0.263. The van der Waals surface area contributed by atoms with Crippen LogP contribution in [0.25, 0.3) is 5.69 Å². The molecule has 8 nitrogen and oxygen atoms in total. The maximum Gasteiger partial charge on any atom is 0.261 e. The zero-order valence-electron chi connectivity index (χ0n) is 15.6. The Bertz CT molecular complexity index is 1060. The van der Waals surface area contributed by atoms with Crippen molar-refractivity contribution in [3.63, 3.8) is 0 Å². The van der Waals surface area contributed by atoms with Gasteiger partial charge < -0.3 is 15.0 Å². The van der Waals surface area contributed by atoms with Crippen LogP contribution in [0.1, 0.15) is 20.9 Å². The highest BCUT2D eigenvalue weighted by atomic mass is 35.5. The summed E-state index contributed by atoms with van der Waals surface area (Å²) in [4.78, 5) is 26.4. The van der Waals surface area contributed by atoms with E-state index in [4.69, 9.17) is 16.3 Å². The lowest BCUT2D eigenvalue weighted by atomic mass is 10.1. The van der Waals surface area contributed by atoms with E-state index in [2.05, 4.69) is 15.6 Å². The number of hydrogen-bond acceptors (Lipinski definition) is 6. The third-order valence-corrected chi connectivity index (χ3v) is 5.72. The summed E-state index contributed by atoms with van der Waals surface area (Å²) >= 11 is 7.09. The summed E-state index contributed by atoms with van der Waals surface area (Å²) in [6, 6.07) is 9.10. The molecule has 4 rings (SSSR count). The van der Waals surface area contributed by atoms with Crippen LogP contribution in [0.4, 0.5) is 5.69 Å². The number of benzene rings is 1. The number of thiophene rings is 1. The molecule has 0 unspecified atom stereocenters. The van der Waals surface area contributed by atoms with Crippen molar-refractivity contribution in [3.05, 3.63) is 57.0 Å². The van der Waals surface area contributed by atoms with Crippen LogP contribution in [0, 0.1) is 6.92 Å². The average Bonchev–Trinajstić information content (AvgIpc) is 3.35. The molecule has 2 amide bonds. The second-order valence-corrected chi connectivity index (χ2v) is 8.22. The molecule has 0 atom stereocenters. The third-order valence-electron chi connectivity index (χ3n) is 4.49. The number of rotatable bonds is 5. The van der Waals surface area contributed by atoms with E-state index >= 15 is 0 Å². The van der Waals surface area contributed by atoms with Gasteiger partial charge in [0.05, 0.1) is 34.2 Å². The summed E-state index contributed by atoms with van der Waals surface area (Å²) in [7, 11) is 0. The molecular formula is C19H18ClN5O3S. The van der Waals surface area contributed by atoms with E-state index in [-0.39, 0.29) is 25.0 Å². The van der Waals surface area contributed by atoms with Gasteiger partial charge in [0, 0.05) is 12.2 Å². The predicted octanol–water partition coefficient (Wildman–Crippen LogP) is 2.58. The number of aromatic nitrogens is 3. The number of carbonyl (C=O) groups is 2. The van der Waals surface area contributed by atoms with Gasteiger partial charge in [0.1, 0.15) is 12.3 Å². The molecule has 0 bridgehead atoms. The van der Waals surface area contributed by atoms with Gasteiger partial charge >= 0.3 is 0 Å². The fourth-order valence-electron chi connectivity index (χ4n) is 3.05. The van der Waals surface area contributed by atoms with E-state index in [0.717, 1.165) is 16.9 Å². The zero-order valence-corrected chi connectivity index (χ0v) is 17.2. The van der Waals surface area contributed by atoms with Gasteiger partial charge in [0.25, 0.3) is 11.8 Å². The van der Waals surface area contributed by atoms with Crippen molar-refractivity contribution in [2.24, 2.45) is 0 Å². The second kappa shape index (κ2) is 8.32. The summed E-state index contributed by atoms with van der Waals surface area (Å²) in [5, 5.41) is 11.1. The van der Waals surface area contributed by atoms with Crippen molar-refractivity contribution in [3.8, 4) is 5.69 Å². The lowest BCUT2D eigenvalue weighted by Gasteiger charge is -2.27. The lowest BCUT2D eigenvalue weighted by molar-refractivity contribution is -0.125. The zero-order chi connectivity index (χ0) is 20.4. The molecule has 29 heavy (non-hydrogen) atoms. The highest BCUT2D eigenvalue weighted by molar-refractivity contribution is 7.17. The number of carbonyl (C=O) groups excluding carboxylic acids is 2. The van der Waals surface area contributed by atoms with E-state index in [1.54, 1.807) is 27.9 Å². The first kappa shape index (κ1) is 19.6. The first-order valence-corrected chi connectivity index (χ1v) is 10.1. The van der Waals surface area contributed by atoms with Crippen LogP contribution in [-0.4, -0.2) is 46.6 Å². The molecule has 1 N–H and O–H groups in total. The Morgan fingerprint density at radius 1 is 1.34 bits per heavy atom. The van der Waals surface area contributed by atoms with Gasteiger partial charge in [-0.2, -0.15) is 0 Å². The second-order valence-electron chi connectivity index (χ2n) is 6.51. The summed E-state index contributed by atoms with van der Waals surface area (Å²) in [5.41, 5.74) is 3.27. The molecule has 0 spiro atoms. The summed E-state index contributed by atoms with van der Waals surface area (Å²) in [6.45, 7) is 3.39. The Morgan fingerprint density at radius 2 is 2.21 bits per heavy atom. The third kappa shape index (κ3) is 4.31. The number of nitrogens with one attached hydrogen (secondary N) is 1. The quantitative estimate of drug-likeness (QED) is 0.670. The van der Waals surface area contributed by atoms with Crippen molar-refractivity contribution in [2.45, 2.75) is 13.5 Å². The summed E-state index contributed by atoms with van der Waals surface area (Å²) < 4.78 is 7.40. The SMILES string of the molecule is Cc1cc(N2CCOCC2=O)ccc1-n1cc(CNC(=O)c2ccc(Cl)s2)nn1. The topological polar surface area (TPSA) is 89.4 Å². The normalized spacial score (nSPS) is 14.3. The molecular weight excluding hydrogens is 414 g/mol. The number of nitrogens with zero attached hydrogens (tertiary/aromatic N) is 4. The van der Waals surface area contributed by atoms with Crippen LogP contribution < -0.4 is 10.2 Å². The first-order chi connectivity index (χ1) is 14.0. The Balaban J connectivity index is 1.45. The molecule has 0 radical (unpaired) electrons. The van der Waals surface area contributed by atoms with Crippen molar-refractivity contribution in [1.29, 1.82) is 0 Å². The molecule has 10 heteroatoms. The highest BCUT2D eigenvalue weighted by Gasteiger charge is 2.21. The van der Waals surface area contributed by atoms with Gasteiger partial charge in [0.2, 0.25) is 0 Å². The first-order valence-electron chi connectivity index (χ1n) is 8.95. The molecule has 1 aliphatic rings. The number of morpholine rings is 1. The number of hydrogen-bond donors (Lipinski definition) is 1. The molecule has 150 valence electrons. The summed E-state index contributed by atoms with van der Waals surface area (Å²) in [6.07, 6.45) is 1.77. The maximum atomic E-state index is 12.1. The van der Waals surface area contributed by atoms with E-state index < -0.39 is 0 Å². The molecule has 1 fully saturated rings. The van der Waals surface area contributed by atoms with E-state index in [0.29, 0.717) is 28.1 Å². The largest absolute Gasteiger partial charge is 0.370 e. The molecule has 1 aliphatic heterocycles. The summed E-state index contributed by atoms with van der Waals surface area (Å²) in [5.74, 6) is -0.249. The van der Waals surface area contributed by atoms with Gasteiger partial charge in [-0.3, -0.25) is 9.59 Å². The van der Waals surface area contributed by atoms with Crippen LogP contribution in [-0.2, 0) is 16.1 Å². The Labute approximate surface area is 176 Å². The number of aryl methyl sites for hydroxylation is 1. The van der Waals surface area contributed by atoms with E-state index in [9.17, 15) is 9.59 Å². The smallest absolute Gasteiger partial charge is 0.261 e. The van der Waals surface area contributed by atoms with Gasteiger partial charge in [-0.15, -0.1) is 16.4 Å². The Morgan fingerprint density at radius 3 is 2.93 bits per heavy atom. The molecule has 1 aromatic carbocycles. The number of anilines is 1. The van der Waals surface area contributed by atoms with Gasteiger partial charge in [-0.1, -0.05) is 16.8 Å². The molecule has 3 heterocycles. The van der Waals surface area contributed by atoms with E-state index in [1.165, 1.54) is 11.3 Å². The monoisotopic (exact) mass is 431 g/mol. The Hall–Kier alpha value is -2.75. The van der Waals surface area contributed by atoms with E-state index in [1.807, 2.05) is 25.1 Å². The maximum absolute atomic E-state index is 12.1. The van der Waals surface area contributed by atoms with Crippen LogP contribution in [0.3, 0.4) is 0 Å². The van der Waals surface area contributed by atoms with Gasteiger partial charge in [-0.05, 0) is 42.8 Å². The molecule has 1 saturated heterocycles. The van der Waals surface area contributed by atoms with Crippen LogP contribution in [0.15, 0.2) is 36.5 Å². The molecule has 0 saturated carbocycles. The molecule has 3 aromatic rings. The fourth-order valence-corrected chi connectivity index (χ4v) is 4.01. The van der Waals surface area contributed by atoms with Crippen LogP contribution in [0.5, 0.6) is 0 Å². The molecule has 0 aliphatic carbocycles. The Kier molecular flexibility index (Phi) is 5.61. The minimum absolute atomic E-state index is 0.0470.